The minimum atomic E-state index is 0.397. The molecule has 0 radical (unpaired) electrons. The molecule has 0 saturated carbocycles. The first-order valence-electron chi connectivity index (χ1n) is 5.43. The highest BCUT2D eigenvalue weighted by Crippen LogP contribution is 2.19. The molecule has 1 unspecified atom stereocenters. The van der Waals surface area contributed by atoms with Gasteiger partial charge in [-0.1, -0.05) is 6.92 Å². The smallest absolute Gasteiger partial charge is 0.214 e. The summed E-state index contributed by atoms with van der Waals surface area (Å²) in [5, 5.41) is 6.51. The van der Waals surface area contributed by atoms with Crippen molar-refractivity contribution < 1.29 is 4.74 Å². The van der Waals surface area contributed by atoms with Crippen LogP contribution in [0.1, 0.15) is 17.8 Å². The maximum atomic E-state index is 5.07. The molecule has 2 heterocycles. The van der Waals surface area contributed by atoms with Gasteiger partial charge in [-0.15, -0.1) is 11.3 Å². The second-order valence-electron chi connectivity index (χ2n) is 3.74. The lowest BCUT2D eigenvalue weighted by Crippen LogP contribution is -2.09. The third-order valence-electron chi connectivity index (χ3n) is 2.43. The molecule has 4 nitrogen and oxygen atoms in total. The van der Waals surface area contributed by atoms with Gasteiger partial charge in [0.05, 0.1) is 12.1 Å². The van der Waals surface area contributed by atoms with Crippen LogP contribution in [0.3, 0.4) is 0 Å². The Kier molecular flexibility index (Phi) is 3.93. The highest BCUT2D eigenvalue weighted by molar-refractivity contribution is 7.09. The third kappa shape index (κ3) is 3.17. The van der Waals surface area contributed by atoms with Crippen LogP contribution in [0.25, 0.3) is 0 Å². The van der Waals surface area contributed by atoms with Crippen molar-refractivity contribution in [3.63, 3.8) is 0 Å². The van der Waals surface area contributed by atoms with E-state index >= 15 is 0 Å². The minimum Gasteiger partial charge on any atom is -0.481 e. The summed E-state index contributed by atoms with van der Waals surface area (Å²) >= 11 is 1.69. The third-order valence-corrected chi connectivity index (χ3v) is 3.44. The number of rotatable bonds is 5. The van der Waals surface area contributed by atoms with Gasteiger partial charge in [0.15, 0.2) is 0 Å². The summed E-state index contributed by atoms with van der Waals surface area (Å²) in [4.78, 5) is 8.37. The summed E-state index contributed by atoms with van der Waals surface area (Å²) in [6.45, 7) is 3.00. The van der Waals surface area contributed by atoms with Gasteiger partial charge >= 0.3 is 0 Å². The summed E-state index contributed by atoms with van der Waals surface area (Å²) in [6, 6.07) is 3.81. The van der Waals surface area contributed by atoms with Gasteiger partial charge in [0.25, 0.3) is 0 Å². The molecule has 90 valence electrons. The van der Waals surface area contributed by atoms with Gasteiger partial charge in [-0.05, 0) is 6.07 Å². The zero-order valence-electron chi connectivity index (χ0n) is 9.88. The first-order valence-corrected chi connectivity index (χ1v) is 6.31. The second-order valence-corrected chi connectivity index (χ2v) is 4.67. The number of ether oxygens (including phenoxy) is 1. The normalized spacial score (nSPS) is 12.1. The predicted molar refractivity (Wildman–Crippen MR) is 69.8 cm³/mol. The van der Waals surface area contributed by atoms with Crippen molar-refractivity contribution in [1.82, 2.24) is 9.97 Å². The molecule has 0 aliphatic heterocycles. The molecule has 17 heavy (non-hydrogen) atoms. The Balaban J connectivity index is 1.93. The highest BCUT2D eigenvalue weighted by Gasteiger charge is 2.07. The first kappa shape index (κ1) is 11.9. The number of nitrogens with one attached hydrogen (secondary N) is 1. The summed E-state index contributed by atoms with van der Waals surface area (Å²) in [5.74, 6) is 1.02. The monoisotopic (exact) mass is 249 g/mol. The van der Waals surface area contributed by atoms with E-state index in [1.165, 1.54) is 0 Å². The van der Waals surface area contributed by atoms with Crippen LogP contribution >= 0.6 is 11.3 Å². The van der Waals surface area contributed by atoms with Gasteiger partial charge in [0.2, 0.25) is 5.88 Å². The number of nitrogens with zero attached hydrogens (tertiary/aromatic N) is 2. The summed E-state index contributed by atoms with van der Waals surface area (Å²) in [5.41, 5.74) is 1.01. The van der Waals surface area contributed by atoms with Crippen LogP contribution in [0.5, 0.6) is 5.88 Å². The van der Waals surface area contributed by atoms with E-state index in [2.05, 4.69) is 22.2 Å². The van der Waals surface area contributed by atoms with Crippen LogP contribution in [0.4, 0.5) is 5.69 Å². The Morgan fingerprint density at radius 1 is 1.41 bits per heavy atom. The van der Waals surface area contributed by atoms with Crippen molar-refractivity contribution in [2.24, 2.45) is 0 Å². The number of methoxy groups -OCH3 is 1. The Hall–Kier alpha value is -1.62. The molecule has 0 saturated heterocycles. The van der Waals surface area contributed by atoms with E-state index in [9.17, 15) is 0 Å². The molecule has 0 spiro atoms. The van der Waals surface area contributed by atoms with Crippen LogP contribution < -0.4 is 10.1 Å². The molecule has 0 fully saturated rings. The molecular formula is C12H15N3OS. The standard InChI is InChI=1S/C12H15N3OS/c1-9(12-14-5-6-17-12)8-15-10-3-4-13-11(7-10)16-2/h3-7,9H,8H2,1-2H3,(H,13,15). The largest absolute Gasteiger partial charge is 0.481 e. The summed E-state index contributed by atoms with van der Waals surface area (Å²) in [7, 11) is 1.62. The van der Waals surface area contributed by atoms with Crippen LogP contribution in [0.2, 0.25) is 0 Å². The number of hydrogen-bond donors (Lipinski definition) is 1. The average molecular weight is 249 g/mol. The Morgan fingerprint density at radius 3 is 3.00 bits per heavy atom. The fourth-order valence-electron chi connectivity index (χ4n) is 1.47. The zero-order chi connectivity index (χ0) is 12.1. The van der Waals surface area contributed by atoms with E-state index in [1.54, 1.807) is 24.6 Å². The molecule has 2 rings (SSSR count). The number of aromatic nitrogens is 2. The molecule has 0 bridgehead atoms. The number of anilines is 1. The number of hydrogen-bond acceptors (Lipinski definition) is 5. The topological polar surface area (TPSA) is 47.0 Å². The van der Waals surface area contributed by atoms with Gasteiger partial charge in [0.1, 0.15) is 0 Å². The fourth-order valence-corrected chi connectivity index (χ4v) is 2.17. The molecule has 2 aromatic rings. The van der Waals surface area contributed by atoms with Crippen LogP contribution in [-0.2, 0) is 0 Å². The number of pyridine rings is 1. The first-order chi connectivity index (χ1) is 8.29. The lowest BCUT2D eigenvalue weighted by Gasteiger charge is -2.11. The Labute approximate surface area is 105 Å². The van der Waals surface area contributed by atoms with Crippen molar-refractivity contribution in [2.75, 3.05) is 19.0 Å². The molecule has 0 amide bonds. The number of thiazole rings is 1. The van der Waals surface area contributed by atoms with Crippen molar-refractivity contribution in [1.29, 1.82) is 0 Å². The SMILES string of the molecule is COc1cc(NCC(C)c2nccs2)ccn1. The van der Waals surface area contributed by atoms with E-state index in [4.69, 9.17) is 4.74 Å². The van der Waals surface area contributed by atoms with Crippen molar-refractivity contribution >= 4 is 17.0 Å². The molecule has 1 N–H and O–H groups in total. The van der Waals surface area contributed by atoms with Crippen LogP contribution in [0.15, 0.2) is 29.9 Å². The molecule has 0 aromatic carbocycles. The van der Waals surface area contributed by atoms with Crippen molar-refractivity contribution in [2.45, 2.75) is 12.8 Å². The van der Waals surface area contributed by atoms with Gasteiger partial charge < -0.3 is 10.1 Å². The zero-order valence-corrected chi connectivity index (χ0v) is 10.7. The van der Waals surface area contributed by atoms with Crippen molar-refractivity contribution in [3.05, 3.63) is 34.9 Å². The average Bonchev–Trinajstić information content (AvgIpc) is 2.90. The van der Waals surface area contributed by atoms with E-state index in [0.717, 1.165) is 17.2 Å². The Bertz CT molecular complexity index is 459. The van der Waals surface area contributed by atoms with Gasteiger partial charge in [-0.2, -0.15) is 0 Å². The van der Waals surface area contributed by atoms with E-state index in [0.29, 0.717) is 11.8 Å². The van der Waals surface area contributed by atoms with E-state index in [1.807, 2.05) is 23.7 Å². The highest BCUT2D eigenvalue weighted by atomic mass is 32.1. The van der Waals surface area contributed by atoms with Crippen molar-refractivity contribution in [3.8, 4) is 5.88 Å². The lowest BCUT2D eigenvalue weighted by molar-refractivity contribution is 0.398. The quantitative estimate of drug-likeness (QED) is 0.885. The maximum absolute atomic E-state index is 5.07. The molecular weight excluding hydrogens is 234 g/mol. The van der Waals surface area contributed by atoms with Gasteiger partial charge in [-0.3, -0.25) is 0 Å². The van der Waals surface area contributed by atoms with E-state index in [-0.39, 0.29) is 0 Å². The molecule has 1 atom stereocenters. The predicted octanol–water partition coefficient (Wildman–Crippen LogP) is 2.76. The summed E-state index contributed by atoms with van der Waals surface area (Å²) < 4.78 is 5.07. The lowest BCUT2D eigenvalue weighted by atomic mass is 10.2. The molecule has 0 aliphatic rings. The second kappa shape index (κ2) is 5.63. The van der Waals surface area contributed by atoms with Crippen LogP contribution in [-0.4, -0.2) is 23.6 Å². The fraction of sp³-hybridized carbons (Fsp3) is 0.333. The minimum absolute atomic E-state index is 0.397. The van der Waals surface area contributed by atoms with Gasteiger partial charge in [0, 0.05) is 42.0 Å². The molecule has 0 aliphatic carbocycles. The summed E-state index contributed by atoms with van der Waals surface area (Å²) in [6.07, 6.45) is 3.57. The molecule has 5 heteroatoms. The van der Waals surface area contributed by atoms with Crippen LogP contribution in [0, 0.1) is 0 Å². The molecule has 2 aromatic heterocycles. The maximum Gasteiger partial charge on any atom is 0.214 e. The van der Waals surface area contributed by atoms with E-state index < -0.39 is 0 Å². The Morgan fingerprint density at radius 2 is 2.29 bits per heavy atom. The van der Waals surface area contributed by atoms with Gasteiger partial charge in [-0.25, -0.2) is 9.97 Å².